The van der Waals surface area contributed by atoms with Crippen LogP contribution in [0.15, 0.2) is 23.4 Å². The van der Waals surface area contributed by atoms with Gasteiger partial charge in [0.1, 0.15) is 5.03 Å². The molecule has 0 N–H and O–H groups in total. The maximum atomic E-state index is 4.20. The van der Waals surface area contributed by atoms with E-state index >= 15 is 0 Å². The number of rotatable bonds is 0. The lowest BCUT2D eigenvalue weighted by molar-refractivity contribution is 1.08. The summed E-state index contributed by atoms with van der Waals surface area (Å²) < 4.78 is 0. The lowest BCUT2D eigenvalue weighted by Gasteiger charge is -1.89. The molecule has 46 valence electrons. The van der Waals surface area contributed by atoms with Crippen LogP contribution in [0.3, 0.4) is 0 Å². The zero-order chi connectivity index (χ0) is 6.10. The van der Waals surface area contributed by atoms with Gasteiger partial charge in [-0.2, -0.15) is 0 Å². The molecular formula is C6H5NS2. The van der Waals surface area contributed by atoms with Crippen LogP contribution in [0.2, 0.25) is 0 Å². The first-order chi connectivity index (χ1) is 4.47. The van der Waals surface area contributed by atoms with Crippen molar-refractivity contribution in [2.45, 2.75) is 10.8 Å². The number of aromatic nitrogens is 1. The van der Waals surface area contributed by atoms with Crippen LogP contribution in [0.25, 0.3) is 0 Å². The minimum atomic E-state index is 1.12. The molecule has 1 aliphatic rings. The van der Waals surface area contributed by atoms with Crippen molar-refractivity contribution in [3.63, 3.8) is 0 Å². The Labute approximate surface area is 61.7 Å². The highest BCUT2D eigenvalue weighted by Gasteiger charge is 2.10. The van der Waals surface area contributed by atoms with E-state index in [2.05, 4.69) is 11.1 Å². The van der Waals surface area contributed by atoms with Crippen LogP contribution in [0.5, 0.6) is 0 Å². The normalized spacial score (nSPS) is 15.6. The molecule has 1 nitrogen and oxygen atoms in total. The Bertz CT molecular complexity index is 201. The summed E-state index contributed by atoms with van der Waals surface area (Å²) in [7, 11) is 3.63. The van der Waals surface area contributed by atoms with Gasteiger partial charge in [0.15, 0.2) is 0 Å². The minimum absolute atomic E-state index is 1.12. The standard InChI is InChI=1S/C6H5NS2/c1-2-5-4-8-9-6(5)7-3-1/h1-3H,4H2. The van der Waals surface area contributed by atoms with Crippen LogP contribution in [0.1, 0.15) is 5.56 Å². The van der Waals surface area contributed by atoms with Crippen LogP contribution in [-0.4, -0.2) is 4.98 Å². The Hall–Kier alpha value is -0.150. The zero-order valence-corrected chi connectivity index (χ0v) is 6.34. The minimum Gasteiger partial charge on any atom is -0.249 e. The molecule has 1 aromatic heterocycles. The molecule has 9 heavy (non-hydrogen) atoms. The van der Waals surface area contributed by atoms with Crippen molar-refractivity contribution in [2.75, 3.05) is 0 Å². The van der Waals surface area contributed by atoms with Gasteiger partial charge in [-0.15, -0.1) is 0 Å². The van der Waals surface area contributed by atoms with Gasteiger partial charge in [-0.05, 0) is 22.4 Å². The van der Waals surface area contributed by atoms with Gasteiger partial charge in [-0.3, -0.25) is 0 Å². The van der Waals surface area contributed by atoms with Crippen molar-refractivity contribution in [3.05, 3.63) is 23.9 Å². The third-order valence-corrected chi connectivity index (χ3v) is 3.46. The van der Waals surface area contributed by atoms with Crippen molar-refractivity contribution in [2.24, 2.45) is 0 Å². The van der Waals surface area contributed by atoms with Crippen LogP contribution < -0.4 is 0 Å². The third-order valence-electron chi connectivity index (χ3n) is 1.20. The van der Waals surface area contributed by atoms with Crippen LogP contribution in [0, 0.1) is 0 Å². The predicted molar refractivity (Wildman–Crippen MR) is 41.4 cm³/mol. The van der Waals surface area contributed by atoms with Gasteiger partial charge in [-0.1, -0.05) is 16.9 Å². The van der Waals surface area contributed by atoms with Gasteiger partial charge < -0.3 is 0 Å². The fourth-order valence-electron chi connectivity index (χ4n) is 0.758. The monoisotopic (exact) mass is 155 g/mol. The van der Waals surface area contributed by atoms with Gasteiger partial charge in [0.25, 0.3) is 0 Å². The molecule has 0 radical (unpaired) electrons. The van der Waals surface area contributed by atoms with Gasteiger partial charge >= 0.3 is 0 Å². The quantitative estimate of drug-likeness (QED) is 0.534. The molecule has 0 unspecified atom stereocenters. The molecule has 1 aromatic rings. The second-order valence-corrected chi connectivity index (χ2v) is 4.10. The van der Waals surface area contributed by atoms with E-state index in [1.165, 1.54) is 10.6 Å². The summed E-state index contributed by atoms with van der Waals surface area (Å²) in [5, 5.41) is 1.20. The Morgan fingerprint density at radius 1 is 1.56 bits per heavy atom. The average Bonchev–Trinajstić information content (AvgIpc) is 2.33. The van der Waals surface area contributed by atoms with E-state index < -0.39 is 0 Å². The maximum Gasteiger partial charge on any atom is 0.111 e. The summed E-state index contributed by atoms with van der Waals surface area (Å²) in [6, 6.07) is 4.13. The SMILES string of the molecule is c1cnc2c(c1)CSS2. The molecule has 0 spiro atoms. The van der Waals surface area contributed by atoms with E-state index in [4.69, 9.17) is 0 Å². The summed E-state index contributed by atoms with van der Waals surface area (Å²) in [4.78, 5) is 4.20. The highest BCUT2D eigenvalue weighted by molar-refractivity contribution is 8.76. The molecule has 0 atom stereocenters. The van der Waals surface area contributed by atoms with E-state index in [9.17, 15) is 0 Å². The van der Waals surface area contributed by atoms with Crippen molar-refractivity contribution in [1.82, 2.24) is 4.98 Å². The molecule has 2 heterocycles. The Morgan fingerprint density at radius 2 is 2.56 bits per heavy atom. The maximum absolute atomic E-state index is 4.20. The van der Waals surface area contributed by atoms with Gasteiger partial charge in [0.2, 0.25) is 0 Å². The first-order valence-corrected chi connectivity index (χ1v) is 5.02. The summed E-state index contributed by atoms with van der Waals surface area (Å²) >= 11 is 0. The highest BCUT2D eigenvalue weighted by Crippen LogP contribution is 2.41. The van der Waals surface area contributed by atoms with E-state index in [0.717, 1.165) is 5.75 Å². The first-order valence-electron chi connectivity index (χ1n) is 2.70. The second-order valence-electron chi connectivity index (χ2n) is 1.81. The fraction of sp³-hybridized carbons (Fsp3) is 0.167. The van der Waals surface area contributed by atoms with Crippen molar-refractivity contribution >= 4 is 21.6 Å². The van der Waals surface area contributed by atoms with Gasteiger partial charge in [-0.25, -0.2) is 4.98 Å². The topological polar surface area (TPSA) is 12.9 Å². The molecule has 0 aliphatic carbocycles. The molecule has 0 fully saturated rings. The van der Waals surface area contributed by atoms with Gasteiger partial charge in [0.05, 0.1) is 0 Å². The molecule has 3 heteroatoms. The summed E-state index contributed by atoms with van der Waals surface area (Å²) in [6.45, 7) is 0. The molecule has 0 aromatic carbocycles. The number of pyridine rings is 1. The van der Waals surface area contributed by atoms with E-state index in [1.54, 1.807) is 10.8 Å². The molecule has 0 saturated heterocycles. The number of hydrogen-bond acceptors (Lipinski definition) is 3. The van der Waals surface area contributed by atoms with E-state index in [1.807, 2.05) is 23.1 Å². The number of fused-ring (bicyclic) bond motifs is 1. The van der Waals surface area contributed by atoms with Crippen molar-refractivity contribution < 1.29 is 0 Å². The van der Waals surface area contributed by atoms with Gasteiger partial charge in [0, 0.05) is 11.9 Å². The molecule has 1 aliphatic heterocycles. The zero-order valence-electron chi connectivity index (χ0n) is 4.70. The highest BCUT2D eigenvalue weighted by atomic mass is 33.1. The van der Waals surface area contributed by atoms with Crippen LogP contribution in [-0.2, 0) is 5.75 Å². The largest absolute Gasteiger partial charge is 0.249 e. The molecule has 0 bridgehead atoms. The predicted octanol–water partition coefficient (Wildman–Crippen LogP) is 2.34. The first kappa shape index (κ1) is 5.62. The number of hydrogen-bond donors (Lipinski definition) is 0. The van der Waals surface area contributed by atoms with Crippen LogP contribution in [0.4, 0.5) is 0 Å². The smallest absolute Gasteiger partial charge is 0.111 e. The van der Waals surface area contributed by atoms with Crippen molar-refractivity contribution in [3.8, 4) is 0 Å². The molecule has 0 saturated carbocycles. The molecule has 2 rings (SSSR count). The number of nitrogens with zero attached hydrogens (tertiary/aromatic N) is 1. The summed E-state index contributed by atoms with van der Waals surface area (Å²) in [5.74, 6) is 1.12. The molecule has 0 amide bonds. The lowest BCUT2D eigenvalue weighted by Crippen LogP contribution is -1.78. The second kappa shape index (κ2) is 2.23. The Morgan fingerprint density at radius 3 is 3.44 bits per heavy atom. The van der Waals surface area contributed by atoms with E-state index in [-0.39, 0.29) is 0 Å². The van der Waals surface area contributed by atoms with E-state index in [0.29, 0.717) is 0 Å². The Kier molecular flexibility index (Phi) is 1.39. The van der Waals surface area contributed by atoms with Crippen molar-refractivity contribution in [1.29, 1.82) is 0 Å². The fourth-order valence-corrected chi connectivity index (χ4v) is 3.07. The Balaban J connectivity index is 2.54. The molecular weight excluding hydrogens is 150 g/mol. The average molecular weight is 155 g/mol. The lowest BCUT2D eigenvalue weighted by atomic mass is 10.3. The summed E-state index contributed by atoms with van der Waals surface area (Å²) in [6.07, 6.45) is 1.84. The summed E-state index contributed by atoms with van der Waals surface area (Å²) in [5.41, 5.74) is 1.38. The van der Waals surface area contributed by atoms with Crippen LogP contribution >= 0.6 is 21.6 Å². The third kappa shape index (κ3) is 0.946.